The van der Waals surface area contributed by atoms with Crippen LogP contribution in [0.5, 0.6) is 23.1 Å². The minimum atomic E-state index is -0.272. The highest BCUT2D eigenvalue weighted by molar-refractivity contribution is 5.91. The van der Waals surface area contributed by atoms with Crippen LogP contribution >= 0.6 is 0 Å². The Morgan fingerprint density at radius 1 is 0.909 bits per heavy atom. The minimum Gasteiger partial charge on any atom is -0.497 e. The molecule has 0 saturated heterocycles. The molecular formula is C24H23N5O4. The number of methoxy groups -OCH3 is 1. The van der Waals surface area contributed by atoms with E-state index < -0.39 is 0 Å². The smallest absolute Gasteiger partial charge is 0.262 e. The van der Waals surface area contributed by atoms with Crippen molar-refractivity contribution in [1.82, 2.24) is 19.7 Å². The second-order valence-electron chi connectivity index (χ2n) is 7.15. The minimum absolute atomic E-state index is 0.109. The van der Waals surface area contributed by atoms with Gasteiger partial charge in [-0.25, -0.2) is 4.98 Å². The molecule has 4 rings (SSSR count). The molecule has 168 valence electrons. The van der Waals surface area contributed by atoms with Gasteiger partial charge in [-0.05, 0) is 68.4 Å². The summed E-state index contributed by atoms with van der Waals surface area (Å²) < 4.78 is 18.2. The van der Waals surface area contributed by atoms with Crippen LogP contribution in [0.15, 0.2) is 67.0 Å². The number of imidazole rings is 1. The molecule has 2 aromatic heterocycles. The number of aryl methyl sites for hydroxylation is 1. The average Bonchev–Trinajstić information content (AvgIpc) is 3.18. The third-order valence-electron chi connectivity index (χ3n) is 4.91. The summed E-state index contributed by atoms with van der Waals surface area (Å²) in [6.45, 7) is 3.80. The van der Waals surface area contributed by atoms with Gasteiger partial charge < -0.3 is 19.5 Å². The molecule has 0 aliphatic rings. The molecule has 0 radical (unpaired) electrons. The number of amides is 1. The topological polar surface area (TPSA) is 100 Å². The molecule has 0 bridgehead atoms. The molecule has 9 heteroatoms. The average molecular weight is 445 g/mol. The van der Waals surface area contributed by atoms with E-state index in [1.54, 1.807) is 68.0 Å². The molecule has 1 N–H and O–H groups in total. The van der Waals surface area contributed by atoms with Gasteiger partial charge in [0.05, 0.1) is 12.8 Å². The van der Waals surface area contributed by atoms with Gasteiger partial charge in [0.2, 0.25) is 5.88 Å². The highest BCUT2D eigenvalue weighted by atomic mass is 16.5. The van der Waals surface area contributed by atoms with E-state index in [1.807, 2.05) is 24.5 Å². The third-order valence-corrected chi connectivity index (χ3v) is 4.91. The Bertz CT molecular complexity index is 1220. The van der Waals surface area contributed by atoms with Crippen molar-refractivity contribution in [2.24, 2.45) is 0 Å². The zero-order valence-electron chi connectivity index (χ0n) is 18.5. The van der Waals surface area contributed by atoms with Crippen LogP contribution in [-0.4, -0.2) is 39.4 Å². The maximum Gasteiger partial charge on any atom is 0.262 e. The molecule has 0 spiro atoms. The normalized spacial score (nSPS) is 10.5. The maximum atomic E-state index is 12.1. The van der Waals surface area contributed by atoms with Crippen molar-refractivity contribution in [3.63, 3.8) is 0 Å². The van der Waals surface area contributed by atoms with E-state index in [1.165, 1.54) is 0 Å². The Morgan fingerprint density at radius 3 is 2.21 bits per heavy atom. The van der Waals surface area contributed by atoms with Crippen LogP contribution in [0, 0.1) is 13.8 Å². The van der Waals surface area contributed by atoms with E-state index in [9.17, 15) is 4.79 Å². The molecule has 0 fully saturated rings. The van der Waals surface area contributed by atoms with E-state index in [0.717, 1.165) is 17.1 Å². The summed E-state index contributed by atoms with van der Waals surface area (Å²) >= 11 is 0. The summed E-state index contributed by atoms with van der Waals surface area (Å²) in [6.07, 6.45) is 1.71. The van der Waals surface area contributed by atoms with Crippen LogP contribution in [0.4, 0.5) is 5.69 Å². The molecule has 2 aromatic carbocycles. The maximum absolute atomic E-state index is 12.1. The second-order valence-corrected chi connectivity index (χ2v) is 7.15. The highest BCUT2D eigenvalue weighted by Gasteiger charge is 2.08. The second kappa shape index (κ2) is 9.82. The van der Waals surface area contributed by atoms with Crippen molar-refractivity contribution in [3.05, 3.63) is 78.4 Å². The van der Waals surface area contributed by atoms with E-state index in [0.29, 0.717) is 28.9 Å². The van der Waals surface area contributed by atoms with Crippen LogP contribution in [0.1, 0.15) is 11.4 Å². The molecule has 0 unspecified atom stereocenters. The van der Waals surface area contributed by atoms with Crippen molar-refractivity contribution >= 4 is 11.6 Å². The number of nitrogens with one attached hydrogen (secondary N) is 1. The molecule has 0 saturated carbocycles. The van der Waals surface area contributed by atoms with Gasteiger partial charge in [0.25, 0.3) is 5.91 Å². The molecule has 0 aliphatic carbocycles. The predicted octanol–water partition coefficient (Wildman–Crippen LogP) is 4.10. The fraction of sp³-hybridized carbons (Fsp3) is 0.167. The molecule has 4 aromatic rings. The molecule has 1 amide bonds. The zero-order valence-corrected chi connectivity index (χ0v) is 18.5. The highest BCUT2D eigenvalue weighted by Crippen LogP contribution is 2.22. The number of carbonyl (C=O) groups excluding carboxylic acids is 1. The number of hydrogen-bond donors (Lipinski definition) is 1. The first-order chi connectivity index (χ1) is 16.0. The van der Waals surface area contributed by atoms with Gasteiger partial charge in [0.1, 0.15) is 23.6 Å². The van der Waals surface area contributed by atoms with Crippen molar-refractivity contribution in [1.29, 1.82) is 0 Å². The summed E-state index contributed by atoms with van der Waals surface area (Å²) in [4.78, 5) is 16.4. The van der Waals surface area contributed by atoms with Crippen LogP contribution in [-0.2, 0) is 4.79 Å². The van der Waals surface area contributed by atoms with Crippen LogP contribution in [0.3, 0.4) is 0 Å². The van der Waals surface area contributed by atoms with Crippen molar-refractivity contribution in [2.75, 3.05) is 19.0 Å². The van der Waals surface area contributed by atoms with E-state index in [4.69, 9.17) is 14.2 Å². The quantitative estimate of drug-likeness (QED) is 0.436. The predicted molar refractivity (Wildman–Crippen MR) is 122 cm³/mol. The number of carbonyl (C=O) groups is 1. The molecule has 33 heavy (non-hydrogen) atoms. The summed E-state index contributed by atoms with van der Waals surface area (Å²) in [5, 5.41) is 11.1. The zero-order chi connectivity index (χ0) is 23.2. The summed E-state index contributed by atoms with van der Waals surface area (Å²) in [7, 11) is 1.59. The number of nitrogens with zero attached hydrogens (tertiary/aromatic N) is 4. The number of anilines is 1. The molecule has 0 aliphatic heterocycles. The summed E-state index contributed by atoms with van der Waals surface area (Å²) in [5.41, 5.74) is 2.57. The van der Waals surface area contributed by atoms with Crippen LogP contribution < -0.4 is 19.5 Å². The first kappa shape index (κ1) is 21.8. The number of aromatic nitrogens is 4. The van der Waals surface area contributed by atoms with E-state index in [2.05, 4.69) is 20.5 Å². The van der Waals surface area contributed by atoms with Gasteiger partial charge in [0.15, 0.2) is 12.4 Å². The molecule has 9 nitrogen and oxygen atoms in total. The number of ether oxygens (including phenoxy) is 3. The van der Waals surface area contributed by atoms with Crippen LogP contribution in [0.2, 0.25) is 0 Å². The SMILES string of the molecule is COc1ccc(OCC(=O)Nc2ccc(Oc3ccc(-n4cnc(C)c4C)nn3)cc2)cc1. The lowest BCUT2D eigenvalue weighted by molar-refractivity contribution is -0.118. The van der Waals surface area contributed by atoms with Gasteiger partial charge >= 0.3 is 0 Å². The lowest BCUT2D eigenvalue weighted by Crippen LogP contribution is -2.20. The lowest BCUT2D eigenvalue weighted by atomic mass is 10.3. The Hall–Kier alpha value is -4.40. The van der Waals surface area contributed by atoms with Gasteiger partial charge in [-0.3, -0.25) is 9.36 Å². The Labute approximate surface area is 191 Å². The standard InChI is InChI=1S/C24H23N5O4/c1-16-17(2)29(15-25-16)22-12-13-24(28-27-22)33-21-6-4-18(5-7-21)26-23(30)14-32-20-10-8-19(31-3)9-11-20/h4-13,15H,14H2,1-3H3,(H,26,30). The molecular weight excluding hydrogens is 422 g/mol. The van der Waals surface area contributed by atoms with Gasteiger partial charge in [-0.1, -0.05) is 0 Å². The number of hydrogen-bond acceptors (Lipinski definition) is 7. The van der Waals surface area contributed by atoms with E-state index >= 15 is 0 Å². The van der Waals surface area contributed by atoms with Gasteiger partial charge in [-0.15, -0.1) is 10.2 Å². The molecule has 2 heterocycles. The largest absolute Gasteiger partial charge is 0.497 e. The number of benzene rings is 2. The lowest BCUT2D eigenvalue weighted by Gasteiger charge is -2.09. The molecule has 0 atom stereocenters. The fourth-order valence-corrected chi connectivity index (χ4v) is 2.97. The monoisotopic (exact) mass is 445 g/mol. The van der Waals surface area contributed by atoms with Crippen LogP contribution in [0.25, 0.3) is 5.82 Å². The Morgan fingerprint density at radius 2 is 1.61 bits per heavy atom. The van der Waals surface area contributed by atoms with Gasteiger partial charge in [-0.2, -0.15) is 0 Å². The van der Waals surface area contributed by atoms with Crippen molar-refractivity contribution in [2.45, 2.75) is 13.8 Å². The Kier molecular flexibility index (Phi) is 6.49. The van der Waals surface area contributed by atoms with Crippen molar-refractivity contribution in [3.8, 4) is 28.9 Å². The Balaban J connectivity index is 1.29. The van der Waals surface area contributed by atoms with Gasteiger partial charge in [0, 0.05) is 17.4 Å². The van der Waals surface area contributed by atoms with E-state index in [-0.39, 0.29) is 12.5 Å². The van der Waals surface area contributed by atoms with Crippen molar-refractivity contribution < 1.29 is 19.0 Å². The number of rotatable bonds is 8. The first-order valence-electron chi connectivity index (χ1n) is 10.2. The fourth-order valence-electron chi connectivity index (χ4n) is 2.97. The third kappa shape index (κ3) is 5.45. The summed E-state index contributed by atoms with van der Waals surface area (Å²) in [5.74, 6) is 2.62. The summed E-state index contributed by atoms with van der Waals surface area (Å²) in [6, 6.07) is 17.5. The first-order valence-corrected chi connectivity index (χ1v) is 10.2.